The van der Waals surface area contributed by atoms with Crippen LogP contribution in [0.1, 0.15) is 29.1 Å². The minimum Gasteiger partial charge on any atom is -0.467 e. The van der Waals surface area contributed by atoms with Crippen molar-refractivity contribution in [1.82, 2.24) is 5.32 Å². The molecule has 94 valence electrons. The van der Waals surface area contributed by atoms with Gasteiger partial charge in [0.25, 0.3) is 5.91 Å². The van der Waals surface area contributed by atoms with Gasteiger partial charge in [-0.25, -0.2) is 0 Å². The minimum atomic E-state index is -0.0827. The second kappa shape index (κ2) is 5.40. The van der Waals surface area contributed by atoms with Crippen LogP contribution >= 0.6 is 0 Å². The molecule has 18 heavy (non-hydrogen) atoms. The first-order valence-corrected chi connectivity index (χ1v) is 5.83. The van der Waals surface area contributed by atoms with Crippen LogP contribution in [0.5, 0.6) is 0 Å². The minimum absolute atomic E-state index is 0.0827. The summed E-state index contributed by atoms with van der Waals surface area (Å²) in [7, 11) is 1.62. The second-order valence-electron chi connectivity index (χ2n) is 4.04. The van der Waals surface area contributed by atoms with Gasteiger partial charge in [0, 0.05) is 18.3 Å². The van der Waals surface area contributed by atoms with E-state index in [2.05, 4.69) is 10.6 Å². The zero-order valence-corrected chi connectivity index (χ0v) is 10.4. The summed E-state index contributed by atoms with van der Waals surface area (Å²) < 4.78 is 5.32. The standard InChI is InChI=1S/C14H16N2O2/c1-10(13-4-3-9-18-13)16-12-7-5-11(6-8-12)14(17)15-2/h3-10,16H,1-2H3,(H,15,17). The van der Waals surface area contributed by atoms with Crippen molar-refractivity contribution in [2.45, 2.75) is 13.0 Å². The summed E-state index contributed by atoms with van der Waals surface area (Å²) in [5, 5.41) is 5.89. The molecule has 0 fully saturated rings. The van der Waals surface area contributed by atoms with E-state index < -0.39 is 0 Å². The van der Waals surface area contributed by atoms with Gasteiger partial charge in [0.1, 0.15) is 5.76 Å². The highest BCUT2D eigenvalue weighted by atomic mass is 16.3. The number of hydrogen-bond acceptors (Lipinski definition) is 3. The van der Waals surface area contributed by atoms with E-state index in [0.29, 0.717) is 5.56 Å². The summed E-state index contributed by atoms with van der Waals surface area (Å²) in [4.78, 5) is 11.4. The van der Waals surface area contributed by atoms with Gasteiger partial charge in [-0.3, -0.25) is 4.79 Å². The van der Waals surface area contributed by atoms with Gasteiger partial charge in [-0.15, -0.1) is 0 Å². The van der Waals surface area contributed by atoms with Crippen LogP contribution in [0.15, 0.2) is 47.1 Å². The Balaban J connectivity index is 2.04. The van der Waals surface area contributed by atoms with E-state index in [1.807, 2.05) is 31.2 Å². The lowest BCUT2D eigenvalue weighted by atomic mass is 10.1. The number of furan rings is 1. The van der Waals surface area contributed by atoms with E-state index in [1.165, 1.54) is 0 Å². The van der Waals surface area contributed by atoms with Crippen molar-refractivity contribution in [3.63, 3.8) is 0 Å². The first-order valence-electron chi connectivity index (χ1n) is 5.83. The van der Waals surface area contributed by atoms with Crippen LogP contribution in [0.4, 0.5) is 5.69 Å². The molecule has 1 aromatic heterocycles. The molecule has 1 heterocycles. The molecule has 0 saturated heterocycles. The molecule has 0 radical (unpaired) electrons. The van der Waals surface area contributed by atoms with Crippen LogP contribution in [-0.4, -0.2) is 13.0 Å². The van der Waals surface area contributed by atoms with Crippen LogP contribution in [0.2, 0.25) is 0 Å². The molecule has 2 aromatic rings. The zero-order chi connectivity index (χ0) is 13.0. The third-order valence-electron chi connectivity index (χ3n) is 2.73. The highest BCUT2D eigenvalue weighted by molar-refractivity contribution is 5.94. The fourth-order valence-electron chi connectivity index (χ4n) is 1.72. The van der Waals surface area contributed by atoms with Crippen molar-refractivity contribution < 1.29 is 9.21 Å². The van der Waals surface area contributed by atoms with Crippen molar-refractivity contribution in [3.05, 3.63) is 54.0 Å². The van der Waals surface area contributed by atoms with Crippen LogP contribution in [-0.2, 0) is 0 Å². The number of nitrogens with one attached hydrogen (secondary N) is 2. The molecule has 4 nitrogen and oxygen atoms in total. The zero-order valence-electron chi connectivity index (χ0n) is 10.4. The smallest absolute Gasteiger partial charge is 0.251 e. The molecular formula is C14H16N2O2. The fourth-order valence-corrected chi connectivity index (χ4v) is 1.72. The summed E-state index contributed by atoms with van der Waals surface area (Å²) in [6, 6.07) is 11.2. The Morgan fingerprint density at radius 1 is 1.22 bits per heavy atom. The number of amides is 1. The van der Waals surface area contributed by atoms with Crippen molar-refractivity contribution in [1.29, 1.82) is 0 Å². The molecule has 0 spiro atoms. The van der Waals surface area contributed by atoms with Crippen molar-refractivity contribution >= 4 is 11.6 Å². The van der Waals surface area contributed by atoms with Gasteiger partial charge in [0.2, 0.25) is 0 Å². The van der Waals surface area contributed by atoms with E-state index in [9.17, 15) is 4.79 Å². The number of carbonyl (C=O) groups excluding carboxylic acids is 1. The van der Waals surface area contributed by atoms with E-state index in [-0.39, 0.29) is 11.9 Å². The van der Waals surface area contributed by atoms with Gasteiger partial charge in [0.05, 0.1) is 12.3 Å². The first-order chi connectivity index (χ1) is 8.70. The number of rotatable bonds is 4. The van der Waals surface area contributed by atoms with E-state index in [4.69, 9.17) is 4.42 Å². The summed E-state index contributed by atoms with van der Waals surface area (Å²) in [6.45, 7) is 2.02. The maximum Gasteiger partial charge on any atom is 0.251 e. The van der Waals surface area contributed by atoms with Gasteiger partial charge in [0.15, 0.2) is 0 Å². The molecule has 4 heteroatoms. The maximum atomic E-state index is 11.4. The number of carbonyl (C=O) groups is 1. The predicted molar refractivity (Wildman–Crippen MR) is 70.6 cm³/mol. The molecule has 1 unspecified atom stereocenters. The fraction of sp³-hybridized carbons (Fsp3) is 0.214. The number of hydrogen-bond donors (Lipinski definition) is 2. The Bertz CT molecular complexity index is 503. The Hall–Kier alpha value is -2.23. The third kappa shape index (κ3) is 2.71. The first kappa shape index (κ1) is 12.2. The van der Waals surface area contributed by atoms with Crippen molar-refractivity contribution in [3.8, 4) is 0 Å². The summed E-state index contributed by atoms with van der Waals surface area (Å²) in [5.41, 5.74) is 1.60. The molecule has 1 aromatic carbocycles. The number of anilines is 1. The lowest BCUT2D eigenvalue weighted by Crippen LogP contribution is -2.17. The maximum absolute atomic E-state index is 11.4. The monoisotopic (exact) mass is 244 g/mol. The van der Waals surface area contributed by atoms with Gasteiger partial charge >= 0.3 is 0 Å². The lowest BCUT2D eigenvalue weighted by molar-refractivity contribution is 0.0963. The normalized spacial score (nSPS) is 11.9. The van der Waals surface area contributed by atoms with Crippen molar-refractivity contribution in [2.24, 2.45) is 0 Å². The SMILES string of the molecule is CNC(=O)c1ccc(NC(C)c2ccco2)cc1. The summed E-state index contributed by atoms with van der Waals surface area (Å²) in [5.74, 6) is 0.797. The molecule has 1 atom stereocenters. The van der Waals surface area contributed by atoms with E-state index in [0.717, 1.165) is 11.4 Å². The quantitative estimate of drug-likeness (QED) is 0.869. The van der Waals surface area contributed by atoms with Crippen LogP contribution in [0, 0.1) is 0 Å². The van der Waals surface area contributed by atoms with Crippen LogP contribution < -0.4 is 10.6 Å². The summed E-state index contributed by atoms with van der Waals surface area (Å²) >= 11 is 0. The third-order valence-corrected chi connectivity index (χ3v) is 2.73. The molecule has 2 N–H and O–H groups in total. The molecule has 0 saturated carbocycles. The number of benzene rings is 1. The van der Waals surface area contributed by atoms with E-state index >= 15 is 0 Å². The Morgan fingerprint density at radius 2 is 1.94 bits per heavy atom. The molecule has 2 rings (SSSR count). The largest absolute Gasteiger partial charge is 0.467 e. The highest BCUT2D eigenvalue weighted by Gasteiger charge is 2.08. The second-order valence-corrected chi connectivity index (χ2v) is 4.04. The topological polar surface area (TPSA) is 54.3 Å². The Kier molecular flexibility index (Phi) is 3.67. The molecular weight excluding hydrogens is 228 g/mol. The molecule has 0 aliphatic heterocycles. The predicted octanol–water partition coefficient (Wildman–Crippen LogP) is 2.81. The van der Waals surface area contributed by atoms with Crippen molar-refractivity contribution in [2.75, 3.05) is 12.4 Å². The van der Waals surface area contributed by atoms with Crippen LogP contribution in [0.25, 0.3) is 0 Å². The van der Waals surface area contributed by atoms with Gasteiger partial charge in [-0.2, -0.15) is 0 Å². The highest BCUT2D eigenvalue weighted by Crippen LogP contribution is 2.19. The van der Waals surface area contributed by atoms with Gasteiger partial charge < -0.3 is 15.1 Å². The lowest BCUT2D eigenvalue weighted by Gasteiger charge is -2.13. The summed E-state index contributed by atoms with van der Waals surface area (Å²) in [6.07, 6.45) is 1.65. The average molecular weight is 244 g/mol. The van der Waals surface area contributed by atoms with Gasteiger partial charge in [-0.1, -0.05) is 0 Å². The Morgan fingerprint density at radius 3 is 2.50 bits per heavy atom. The van der Waals surface area contributed by atoms with Crippen LogP contribution in [0.3, 0.4) is 0 Å². The Labute approximate surface area is 106 Å². The molecule has 0 bridgehead atoms. The molecule has 0 aliphatic rings. The van der Waals surface area contributed by atoms with E-state index in [1.54, 1.807) is 25.4 Å². The van der Waals surface area contributed by atoms with Gasteiger partial charge in [-0.05, 0) is 43.3 Å². The molecule has 0 aliphatic carbocycles. The molecule has 1 amide bonds. The average Bonchev–Trinajstić information content (AvgIpc) is 2.92.